The fourth-order valence-corrected chi connectivity index (χ4v) is 2.50. The van der Waals surface area contributed by atoms with E-state index in [2.05, 4.69) is 5.32 Å². The average molecular weight is 317 g/mol. The Bertz CT molecular complexity index is 502. The Labute approximate surface area is 128 Å². The number of carbonyl (C=O) groups is 1. The zero-order chi connectivity index (χ0) is 14.7. The molecule has 1 aromatic carbocycles. The summed E-state index contributed by atoms with van der Waals surface area (Å²) in [5.74, 6) is 0.351. The fourth-order valence-electron chi connectivity index (χ4n) is 1.91. The molecule has 0 spiro atoms. The molecule has 110 valence electrons. The Hall–Kier alpha value is -0.970. The van der Waals surface area contributed by atoms with Gasteiger partial charge < -0.3 is 15.8 Å². The molecule has 20 heavy (non-hydrogen) atoms. The van der Waals surface area contributed by atoms with Gasteiger partial charge in [0.15, 0.2) is 6.61 Å². The highest BCUT2D eigenvalue weighted by molar-refractivity contribution is 6.35. The average Bonchev–Trinajstić information content (AvgIpc) is 3.10. The van der Waals surface area contributed by atoms with E-state index in [1.54, 1.807) is 12.1 Å². The molecule has 1 amide bonds. The number of amides is 1. The summed E-state index contributed by atoms with van der Waals surface area (Å²) in [5.41, 5.74) is 6.62. The lowest BCUT2D eigenvalue weighted by Gasteiger charge is -2.15. The van der Waals surface area contributed by atoms with Gasteiger partial charge in [-0.25, -0.2) is 0 Å². The van der Waals surface area contributed by atoms with E-state index >= 15 is 0 Å². The Morgan fingerprint density at radius 1 is 1.50 bits per heavy atom. The highest BCUT2D eigenvalue weighted by Crippen LogP contribution is 2.33. The number of benzene rings is 1. The van der Waals surface area contributed by atoms with E-state index in [1.807, 2.05) is 6.92 Å². The minimum absolute atomic E-state index is 0.0489. The predicted octanol–water partition coefficient (Wildman–Crippen LogP) is 2.54. The normalized spacial score (nSPS) is 15.8. The van der Waals surface area contributed by atoms with Crippen LogP contribution >= 0.6 is 23.2 Å². The zero-order valence-electron chi connectivity index (χ0n) is 11.3. The van der Waals surface area contributed by atoms with E-state index in [-0.39, 0.29) is 18.6 Å². The lowest BCUT2D eigenvalue weighted by atomic mass is 10.1. The van der Waals surface area contributed by atoms with Crippen LogP contribution in [0.3, 0.4) is 0 Å². The van der Waals surface area contributed by atoms with Crippen molar-refractivity contribution in [3.05, 3.63) is 27.7 Å². The molecule has 0 aromatic heterocycles. The third-order valence-electron chi connectivity index (χ3n) is 2.92. The molecule has 0 bridgehead atoms. The molecule has 1 aliphatic rings. The minimum atomic E-state index is -0.134. The van der Waals surface area contributed by atoms with Gasteiger partial charge >= 0.3 is 0 Å². The molecule has 0 heterocycles. The maximum Gasteiger partial charge on any atom is 0.258 e. The number of carbonyl (C=O) groups excluding carboxylic acids is 1. The van der Waals surface area contributed by atoms with Crippen LogP contribution in [-0.2, 0) is 11.2 Å². The lowest BCUT2D eigenvalue weighted by Crippen LogP contribution is -2.30. The van der Waals surface area contributed by atoms with E-state index in [0.29, 0.717) is 28.3 Å². The van der Waals surface area contributed by atoms with Crippen LogP contribution in [-0.4, -0.2) is 24.6 Å². The maximum absolute atomic E-state index is 11.6. The summed E-state index contributed by atoms with van der Waals surface area (Å²) in [7, 11) is 0. The van der Waals surface area contributed by atoms with Crippen LogP contribution in [0.5, 0.6) is 5.75 Å². The van der Waals surface area contributed by atoms with Gasteiger partial charge in [-0.15, -0.1) is 0 Å². The van der Waals surface area contributed by atoms with E-state index in [9.17, 15) is 4.79 Å². The zero-order valence-corrected chi connectivity index (χ0v) is 12.8. The number of hydrogen-bond acceptors (Lipinski definition) is 3. The Morgan fingerprint density at radius 3 is 2.80 bits per heavy atom. The van der Waals surface area contributed by atoms with Gasteiger partial charge in [0.2, 0.25) is 0 Å². The van der Waals surface area contributed by atoms with E-state index in [1.165, 1.54) is 0 Å². The van der Waals surface area contributed by atoms with Crippen molar-refractivity contribution in [3.63, 3.8) is 0 Å². The number of rotatable bonds is 6. The summed E-state index contributed by atoms with van der Waals surface area (Å²) in [5, 5.41) is 3.78. The first kappa shape index (κ1) is 15.4. The van der Waals surface area contributed by atoms with Gasteiger partial charge in [-0.2, -0.15) is 0 Å². The number of nitrogens with one attached hydrogen (secondary N) is 1. The summed E-state index contributed by atoms with van der Waals surface area (Å²) >= 11 is 12.1. The third-order valence-corrected chi connectivity index (χ3v) is 3.42. The SMILES string of the molecule is CC(N)Cc1cc(Cl)cc(Cl)c1OCC(=O)NC1CC1. The number of halogens is 2. The first-order chi connectivity index (χ1) is 9.45. The molecule has 1 atom stereocenters. The molecule has 1 fully saturated rings. The van der Waals surface area contributed by atoms with Crippen molar-refractivity contribution in [2.75, 3.05) is 6.61 Å². The van der Waals surface area contributed by atoms with E-state index < -0.39 is 0 Å². The van der Waals surface area contributed by atoms with Crippen molar-refractivity contribution in [3.8, 4) is 5.75 Å². The monoisotopic (exact) mass is 316 g/mol. The molecule has 0 aliphatic heterocycles. The van der Waals surface area contributed by atoms with Crippen LogP contribution in [0, 0.1) is 0 Å². The molecule has 0 saturated heterocycles. The third kappa shape index (κ3) is 4.54. The van der Waals surface area contributed by atoms with Crippen molar-refractivity contribution in [1.82, 2.24) is 5.32 Å². The van der Waals surface area contributed by atoms with Crippen molar-refractivity contribution < 1.29 is 9.53 Å². The second-order valence-electron chi connectivity index (χ2n) is 5.19. The second kappa shape index (κ2) is 6.66. The van der Waals surface area contributed by atoms with Crippen LogP contribution in [0.4, 0.5) is 0 Å². The fraction of sp³-hybridized carbons (Fsp3) is 0.500. The summed E-state index contributed by atoms with van der Waals surface area (Å²) in [4.78, 5) is 11.6. The molecule has 1 unspecified atom stereocenters. The van der Waals surface area contributed by atoms with E-state index in [0.717, 1.165) is 18.4 Å². The molecule has 1 saturated carbocycles. The largest absolute Gasteiger partial charge is 0.482 e. The van der Waals surface area contributed by atoms with Crippen molar-refractivity contribution in [2.45, 2.75) is 38.3 Å². The van der Waals surface area contributed by atoms with Crippen LogP contribution in [0.25, 0.3) is 0 Å². The molecule has 3 N–H and O–H groups in total. The number of hydrogen-bond donors (Lipinski definition) is 2. The van der Waals surface area contributed by atoms with Gasteiger partial charge in [-0.3, -0.25) is 4.79 Å². The Balaban J connectivity index is 2.05. The summed E-state index contributed by atoms with van der Waals surface area (Å²) in [6, 6.07) is 3.63. The van der Waals surface area contributed by atoms with Gasteiger partial charge in [0.05, 0.1) is 5.02 Å². The van der Waals surface area contributed by atoms with Crippen molar-refractivity contribution in [1.29, 1.82) is 0 Å². The van der Waals surface area contributed by atoms with Gasteiger partial charge in [0, 0.05) is 17.1 Å². The van der Waals surface area contributed by atoms with Crippen LogP contribution < -0.4 is 15.8 Å². The molecule has 4 nitrogen and oxygen atoms in total. The summed E-state index contributed by atoms with van der Waals surface area (Å²) in [6.07, 6.45) is 2.67. The molecule has 1 aliphatic carbocycles. The molecule has 6 heteroatoms. The van der Waals surface area contributed by atoms with Gasteiger partial charge in [0.25, 0.3) is 5.91 Å². The number of ether oxygens (including phenoxy) is 1. The molecular weight excluding hydrogens is 299 g/mol. The van der Waals surface area contributed by atoms with E-state index in [4.69, 9.17) is 33.7 Å². The van der Waals surface area contributed by atoms with Crippen molar-refractivity contribution >= 4 is 29.1 Å². The highest BCUT2D eigenvalue weighted by Gasteiger charge is 2.23. The van der Waals surface area contributed by atoms with Crippen LogP contribution in [0.2, 0.25) is 10.0 Å². The lowest BCUT2D eigenvalue weighted by molar-refractivity contribution is -0.123. The molecule has 2 rings (SSSR count). The molecular formula is C14H18Cl2N2O2. The first-order valence-corrected chi connectivity index (χ1v) is 7.37. The molecule has 0 radical (unpaired) electrons. The van der Waals surface area contributed by atoms with Crippen LogP contribution in [0.1, 0.15) is 25.3 Å². The standard InChI is InChI=1S/C14H18Cl2N2O2/c1-8(17)4-9-5-10(15)6-12(16)14(9)20-7-13(19)18-11-2-3-11/h5-6,8,11H,2-4,7,17H2,1H3,(H,18,19). The topological polar surface area (TPSA) is 64.3 Å². The smallest absolute Gasteiger partial charge is 0.258 e. The quantitative estimate of drug-likeness (QED) is 0.847. The summed E-state index contributed by atoms with van der Waals surface area (Å²) < 4.78 is 5.56. The summed E-state index contributed by atoms with van der Waals surface area (Å²) in [6.45, 7) is 1.84. The van der Waals surface area contributed by atoms with Gasteiger partial charge in [0.1, 0.15) is 5.75 Å². The van der Waals surface area contributed by atoms with Gasteiger partial charge in [-0.05, 0) is 43.9 Å². The Morgan fingerprint density at radius 2 is 2.20 bits per heavy atom. The first-order valence-electron chi connectivity index (χ1n) is 6.61. The Kier molecular flexibility index (Phi) is 5.13. The van der Waals surface area contributed by atoms with Crippen LogP contribution in [0.15, 0.2) is 12.1 Å². The second-order valence-corrected chi connectivity index (χ2v) is 6.03. The van der Waals surface area contributed by atoms with Crippen molar-refractivity contribution in [2.24, 2.45) is 5.73 Å². The molecule has 1 aromatic rings. The minimum Gasteiger partial charge on any atom is -0.482 e. The predicted molar refractivity (Wildman–Crippen MR) is 80.5 cm³/mol. The highest BCUT2D eigenvalue weighted by atomic mass is 35.5. The number of nitrogens with two attached hydrogens (primary N) is 1. The van der Waals surface area contributed by atoms with Gasteiger partial charge in [-0.1, -0.05) is 23.2 Å². The maximum atomic E-state index is 11.6.